The van der Waals surface area contributed by atoms with Gasteiger partial charge < -0.3 is 21.3 Å². The maximum Gasteiger partial charge on any atom is 0.263 e. The maximum atomic E-state index is 13.4. The predicted octanol–water partition coefficient (Wildman–Crippen LogP) is 2.55. The largest absolute Gasteiger partial charge is 0.397 e. The van der Waals surface area contributed by atoms with Gasteiger partial charge in [0.2, 0.25) is 6.43 Å². The SMILES string of the molecule is CNC1CN(c2ccc3c(n2)CCC(NC(=O)c2sc4nc(C)ncc4c2N)C3)CC1C(F)F. The van der Waals surface area contributed by atoms with Crippen LogP contribution in [0.4, 0.5) is 20.3 Å². The Balaban J connectivity index is 1.27. The lowest BCUT2D eigenvalue weighted by Gasteiger charge is -2.26. The first kappa shape index (κ1) is 22.9. The standard InChI is InChI=1S/C23H27F2N7OS/c1-11-28-8-14-19(26)20(34-23(14)29-11)22(33)30-13-4-5-16-12(7-13)3-6-18(31-16)32-9-15(21(24)25)17(10-32)27-2/h3,6,8,13,15,17,21,27H,4-5,7,9-10,26H2,1-2H3,(H,30,33). The Bertz CT molecular complexity index is 1230. The van der Waals surface area contributed by atoms with Gasteiger partial charge in [-0.25, -0.2) is 23.7 Å². The summed E-state index contributed by atoms with van der Waals surface area (Å²) in [5.41, 5.74) is 8.65. The van der Waals surface area contributed by atoms with E-state index in [4.69, 9.17) is 10.7 Å². The molecular weight excluding hydrogens is 460 g/mol. The highest BCUT2D eigenvalue weighted by Crippen LogP contribution is 2.33. The van der Waals surface area contributed by atoms with Gasteiger partial charge in [-0.1, -0.05) is 6.07 Å². The summed E-state index contributed by atoms with van der Waals surface area (Å²) in [4.78, 5) is 29.4. The molecule has 0 radical (unpaired) electrons. The molecule has 8 nitrogen and oxygen atoms in total. The van der Waals surface area contributed by atoms with E-state index in [1.165, 1.54) is 11.3 Å². The lowest BCUT2D eigenvalue weighted by Crippen LogP contribution is -2.39. The van der Waals surface area contributed by atoms with Gasteiger partial charge in [0.1, 0.15) is 21.3 Å². The number of nitrogens with zero attached hydrogens (tertiary/aromatic N) is 4. The summed E-state index contributed by atoms with van der Waals surface area (Å²) in [6.07, 6.45) is 1.41. The molecule has 3 aromatic rings. The van der Waals surface area contributed by atoms with Crippen LogP contribution in [0.25, 0.3) is 10.2 Å². The Morgan fingerprint density at radius 2 is 2.12 bits per heavy atom. The van der Waals surface area contributed by atoms with E-state index >= 15 is 0 Å². The molecule has 2 aliphatic rings. The molecular formula is C23H27F2N7OS. The molecule has 0 aromatic carbocycles. The summed E-state index contributed by atoms with van der Waals surface area (Å²) in [5.74, 6) is 0.457. The number of carbonyl (C=O) groups excluding carboxylic acids is 1. The Morgan fingerprint density at radius 3 is 2.85 bits per heavy atom. The monoisotopic (exact) mass is 487 g/mol. The topological polar surface area (TPSA) is 109 Å². The van der Waals surface area contributed by atoms with E-state index in [1.54, 1.807) is 20.2 Å². The van der Waals surface area contributed by atoms with Gasteiger partial charge in [-0.3, -0.25) is 4.79 Å². The fourth-order valence-corrected chi connectivity index (χ4v) is 5.90. The fourth-order valence-electron chi connectivity index (χ4n) is 4.88. The Morgan fingerprint density at radius 1 is 1.29 bits per heavy atom. The molecule has 1 saturated heterocycles. The molecule has 5 rings (SSSR count). The molecule has 3 aromatic heterocycles. The first-order valence-corrected chi connectivity index (χ1v) is 12.2. The highest BCUT2D eigenvalue weighted by molar-refractivity contribution is 7.21. The van der Waals surface area contributed by atoms with Gasteiger partial charge in [-0.05, 0) is 44.9 Å². The molecule has 34 heavy (non-hydrogen) atoms. The summed E-state index contributed by atoms with van der Waals surface area (Å²) in [5, 5.41) is 6.81. The number of nitrogens with two attached hydrogens (primary N) is 1. The molecule has 180 valence electrons. The van der Waals surface area contributed by atoms with Gasteiger partial charge in [0.25, 0.3) is 5.91 Å². The number of halogens is 2. The Kier molecular flexibility index (Phi) is 6.07. The van der Waals surface area contributed by atoms with E-state index in [2.05, 4.69) is 20.6 Å². The van der Waals surface area contributed by atoms with Gasteiger partial charge in [-0.2, -0.15) is 0 Å². The predicted molar refractivity (Wildman–Crippen MR) is 129 cm³/mol. The van der Waals surface area contributed by atoms with Crippen molar-refractivity contribution in [3.63, 3.8) is 0 Å². The smallest absolute Gasteiger partial charge is 0.263 e. The van der Waals surface area contributed by atoms with Crippen molar-refractivity contribution in [3.05, 3.63) is 40.3 Å². The summed E-state index contributed by atoms with van der Waals surface area (Å²) < 4.78 is 26.8. The van der Waals surface area contributed by atoms with Crippen molar-refractivity contribution in [1.29, 1.82) is 0 Å². The minimum absolute atomic E-state index is 0.0336. The number of pyridine rings is 1. The number of aryl methyl sites for hydroxylation is 2. The normalized spacial score (nSPS) is 22.4. The lowest BCUT2D eigenvalue weighted by atomic mass is 9.91. The van der Waals surface area contributed by atoms with Gasteiger partial charge in [-0.15, -0.1) is 11.3 Å². The van der Waals surface area contributed by atoms with E-state index < -0.39 is 12.3 Å². The average molecular weight is 488 g/mol. The summed E-state index contributed by atoms with van der Waals surface area (Å²) in [7, 11) is 1.72. The number of carbonyl (C=O) groups is 1. The number of hydrogen-bond donors (Lipinski definition) is 3. The minimum Gasteiger partial charge on any atom is -0.397 e. The number of fused-ring (bicyclic) bond motifs is 2. The van der Waals surface area contributed by atoms with Crippen LogP contribution in [0.1, 0.15) is 33.2 Å². The molecule has 0 spiro atoms. The van der Waals surface area contributed by atoms with Crippen LogP contribution < -0.4 is 21.3 Å². The van der Waals surface area contributed by atoms with E-state index in [0.717, 1.165) is 23.5 Å². The molecule has 3 unspecified atom stereocenters. The molecule has 0 saturated carbocycles. The van der Waals surface area contributed by atoms with Crippen molar-refractivity contribution in [3.8, 4) is 0 Å². The second kappa shape index (κ2) is 9.03. The molecule has 4 N–H and O–H groups in total. The van der Waals surface area contributed by atoms with Crippen molar-refractivity contribution < 1.29 is 13.6 Å². The van der Waals surface area contributed by atoms with Crippen LogP contribution in [0.2, 0.25) is 0 Å². The van der Waals surface area contributed by atoms with Gasteiger partial charge in [0.05, 0.1) is 17.0 Å². The number of anilines is 2. The summed E-state index contributed by atoms with van der Waals surface area (Å²) in [6, 6.07) is 3.61. The highest BCUT2D eigenvalue weighted by Gasteiger charge is 2.38. The second-order valence-electron chi connectivity index (χ2n) is 8.97. The quantitative estimate of drug-likeness (QED) is 0.508. The van der Waals surface area contributed by atoms with Gasteiger partial charge >= 0.3 is 0 Å². The third kappa shape index (κ3) is 4.18. The van der Waals surface area contributed by atoms with Crippen LogP contribution >= 0.6 is 11.3 Å². The number of nitrogen functional groups attached to an aromatic ring is 1. The molecule has 1 aliphatic heterocycles. The van der Waals surface area contributed by atoms with Gasteiger partial charge in [0, 0.05) is 37.1 Å². The molecule has 11 heteroatoms. The number of nitrogens with one attached hydrogen (secondary N) is 2. The first-order chi connectivity index (χ1) is 16.3. The molecule has 0 bridgehead atoms. The molecule has 3 atom stereocenters. The Hall–Kier alpha value is -2.92. The fraction of sp³-hybridized carbons (Fsp3) is 0.478. The second-order valence-corrected chi connectivity index (χ2v) is 9.97. The number of alkyl halides is 2. The van der Waals surface area contributed by atoms with Crippen molar-refractivity contribution in [2.75, 3.05) is 30.8 Å². The summed E-state index contributed by atoms with van der Waals surface area (Å²) >= 11 is 1.28. The Labute approximate surface area is 200 Å². The van der Waals surface area contributed by atoms with Crippen LogP contribution in [-0.2, 0) is 12.8 Å². The number of hydrogen-bond acceptors (Lipinski definition) is 8. The number of likely N-dealkylation sites (N-methyl/N-ethyl adjacent to an activating group) is 1. The van der Waals surface area contributed by atoms with Crippen LogP contribution in [0.5, 0.6) is 0 Å². The molecule has 1 aliphatic carbocycles. The summed E-state index contributed by atoms with van der Waals surface area (Å²) in [6.45, 7) is 2.60. The molecule has 1 fully saturated rings. The van der Waals surface area contributed by atoms with Crippen LogP contribution in [0.3, 0.4) is 0 Å². The molecule has 1 amide bonds. The first-order valence-electron chi connectivity index (χ1n) is 11.4. The van der Waals surface area contributed by atoms with Crippen molar-refractivity contribution in [2.45, 2.75) is 44.7 Å². The van der Waals surface area contributed by atoms with Gasteiger partial charge in [0.15, 0.2) is 0 Å². The lowest BCUT2D eigenvalue weighted by molar-refractivity contribution is 0.0753. The van der Waals surface area contributed by atoms with E-state index in [1.807, 2.05) is 17.0 Å². The van der Waals surface area contributed by atoms with Crippen LogP contribution in [-0.4, -0.2) is 59.5 Å². The zero-order valence-corrected chi connectivity index (χ0v) is 19.8. The third-order valence-corrected chi connectivity index (χ3v) is 7.90. The highest BCUT2D eigenvalue weighted by atomic mass is 32.1. The maximum absolute atomic E-state index is 13.4. The van der Waals surface area contributed by atoms with Crippen LogP contribution in [0, 0.1) is 12.8 Å². The van der Waals surface area contributed by atoms with E-state index in [9.17, 15) is 13.6 Å². The zero-order chi connectivity index (χ0) is 24.0. The zero-order valence-electron chi connectivity index (χ0n) is 19.0. The van der Waals surface area contributed by atoms with E-state index in [0.29, 0.717) is 46.0 Å². The number of aromatic nitrogens is 3. The van der Waals surface area contributed by atoms with Crippen LogP contribution in [0.15, 0.2) is 18.3 Å². The van der Waals surface area contributed by atoms with Crippen molar-refractivity contribution in [1.82, 2.24) is 25.6 Å². The number of thiophene rings is 1. The van der Waals surface area contributed by atoms with Crippen molar-refractivity contribution >= 4 is 39.0 Å². The average Bonchev–Trinajstić information content (AvgIpc) is 3.40. The number of rotatable bonds is 5. The van der Waals surface area contributed by atoms with Crippen molar-refractivity contribution in [2.24, 2.45) is 5.92 Å². The van der Waals surface area contributed by atoms with E-state index in [-0.39, 0.29) is 24.5 Å². The minimum atomic E-state index is -2.37. The molecule has 4 heterocycles. The third-order valence-electron chi connectivity index (χ3n) is 6.78. The number of amides is 1.